The normalized spacial score (nSPS) is 10.7. The first-order valence-corrected chi connectivity index (χ1v) is 10.7. The van der Waals surface area contributed by atoms with Gasteiger partial charge in [-0.1, -0.05) is 27.5 Å². The van der Waals surface area contributed by atoms with E-state index >= 15 is 0 Å². The predicted molar refractivity (Wildman–Crippen MR) is 125 cm³/mol. The van der Waals surface area contributed by atoms with Gasteiger partial charge in [0.25, 0.3) is 5.91 Å². The Labute approximate surface area is 193 Å². The molecule has 1 aromatic heterocycles. The van der Waals surface area contributed by atoms with Gasteiger partial charge >= 0.3 is 0 Å². The molecule has 0 aliphatic rings. The molecule has 0 radical (unpaired) electrons. The van der Waals surface area contributed by atoms with E-state index in [1.54, 1.807) is 41.1 Å². The fourth-order valence-corrected chi connectivity index (χ4v) is 3.33. The number of benzene rings is 3. The molecule has 0 aliphatic carbocycles. The smallest absolute Gasteiger partial charge is 0.295 e. The van der Waals surface area contributed by atoms with Crippen LogP contribution in [0.4, 0.5) is 5.69 Å². The summed E-state index contributed by atoms with van der Waals surface area (Å²) in [5.41, 5.74) is 2.20. The first-order chi connectivity index (χ1) is 15.0. The van der Waals surface area contributed by atoms with E-state index in [2.05, 4.69) is 31.3 Å². The Bertz CT molecular complexity index is 1130. The summed E-state index contributed by atoms with van der Waals surface area (Å²) in [6.45, 7) is 2.50. The van der Waals surface area contributed by atoms with E-state index < -0.39 is 5.91 Å². The number of amides is 1. The number of hydrogen-bond acceptors (Lipinski definition) is 4. The largest absolute Gasteiger partial charge is 0.494 e. The Morgan fingerprint density at radius 3 is 2.35 bits per heavy atom. The number of ether oxygens (including phenoxy) is 1. The third-order valence-electron chi connectivity index (χ3n) is 4.41. The first kappa shape index (κ1) is 21.1. The standard InChI is InChI=1S/C23H18BrClN4O2/c1-2-31-20-13-9-18(10-14-20)26-23(30)21-27-22(15-3-7-17(25)8-4-15)29(28-21)19-11-5-16(24)6-12-19/h3-14H,2H2,1H3,(H,26,30). The number of carbonyl (C=O) groups is 1. The average Bonchev–Trinajstić information content (AvgIpc) is 3.22. The summed E-state index contributed by atoms with van der Waals surface area (Å²) >= 11 is 9.47. The fourth-order valence-electron chi connectivity index (χ4n) is 2.94. The molecule has 1 heterocycles. The second-order valence-electron chi connectivity index (χ2n) is 6.57. The molecule has 0 saturated heterocycles. The van der Waals surface area contributed by atoms with Crippen LogP contribution in [0.15, 0.2) is 77.3 Å². The highest BCUT2D eigenvalue weighted by atomic mass is 79.9. The van der Waals surface area contributed by atoms with Crippen LogP contribution in [-0.4, -0.2) is 27.3 Å². The number of aromatic nitrogens is 3. The van der Waals surface area contributed by atoms with Gasteiger partial charge in [-0.2, -0.15) is 0 Å². The van der Waals surface area contributed by atoms with Gasteiger partial charge in [0.05, 0.1) is 12.3 Å². The summed E-state index contributed by atoms with van der Waals surface area (Å²) in [7, 11) is 0. The van der Waals surface area contributed by atoms with Crippen molar-refractivity contribution in [3.8, 4) is 22.8 Å². The molecule has 0 bridgehead atoms. The molecule has 1 amide bonds. The van der Waals surface area contributed by atoms with E-state index in [9.17, 15) is 4.79 Å². The van der Waals surface area contributed by atoms with Crippen LogP contribution in [0.25, 0.3) is 17.1 Å². The van der Waals surface area contributed by atoms with Crippen molar-refractivity contribution in [2.75, 3.05) is 11.9 Å². The topological polar surface area (TPSA) is 69.0 Å². The summed E-state index contributed by atoms with van der Waals surface area (Å²) in [5.74, 6) is 0.927. The van der Waals surface area contributed by atoms with Crippen LogP contribution in [0.5, 0.6) is 5.75 Å². The van der Waals surface area contributed by atoms with Crippen molar-refractivity contribution >= 4 is 39.1 Å². The number of nitrogens with zero attached hydrogens (tertiary/aromatic N) is 3. The molecule has 31 heavy (non-hydrogen) atoms. The van der Waals surface area contributed by atoms with Gasteiger partial charge in [-0.25, -0.2) is 9.67 Å². The molecule has 8 heteroatoms. The van der Waals surface area contributed by atoms with Crippen molar-refractivity contribution in [3.05, 3.63) is 88.1 Å². The zero-order chi connectivity index (χ0) is 21.8. The van der Waals surface area contributed by atoms with Crippen LogP contribution >= 0.6 is 27.5 Å². The van der Waals surface area contributed by atoms with Crippen molar-refractivity contribution in [1.29, 1.82) is 0 Å². The maximum Gasteiger partial charge on any atom is 0.295 e. The van der Waals surface area contributed by atoms with E-state index in [0.717, 1.165) is 21.5 Å². The number of nitrogens with one attached hydrogen (secondary N) is 1. The molecule has 0 atom stereocenters. The van der Waals surface area contributed by atoms with Gasteiger partial charge in [0.1, 0.15) is 5.75 Å². The lowest BCUT2D eigenvalue weighted by Gasteiger charge is -2.06. The van der Waals surface area contributed by atoms with Gasteiger partial charge in [-0.15, -0.1) is 5.10 Å². The number of anilines is 1. The van der Waals surface area contributed by atoms with Crippen LogP contribution in [0.1, 0.15) is 17.5 Å². The van der Waals surface area contributed by atoms with E-state index in [1.807, 2.05) is 43.3 Å². The summed E-state index contributed by atoms with van der Waals surface area (Å²) in [6, 6.07) is 22.0. The highest BCUT2D eigenvalue weighted by Crippen LogP contribution is 2.24. The molecule has 0 saturated carbocycles. The molecule has 0 fully saturated rings. The highest BCUT2D eigenvalue weighted by molar-refractivity contribution is 9.10. The van der Waals surface area contributed by atoms with Crippen molar-refractivity contribution in [1.82, 2.24) is 14.8 Å². The molecule has 0 aliphatic heterocycles. The Hall–Kier alpha value is -3.16. The van der Waals surface area contributed by atoms with Gasteiger partial charge in [-0.3, -0.25) is 4.79 Å². The zero-order valence-electron chi connectivity index (χ0n) is 16.5. The molecule has 0 spiro atoms. The maximum absolute atomic E-state index is 12.9. The van der Waals surface area contributed by atoms with Crippen LogP contribution in [0.2, 0.25) is 5.02 Å². The SMILES string of the molecule is CCOc1ccc(NC(=O)c2nc(-c3ccc(Cl)cc3)n(-c3ccc(Br)cc3)n2)cc1. The molecule has 1 N–H and O–H groups in total. The average molecular weight is 498 g/mol. The molecule has 4 aromatic rings. The van der Waals surface area contributed by atoms with Crippen molar-refractivity contribution in [3.63, 3.8) is 0 Å². The van der Waals surface area contributed by atoms with Gasteiger partial charge in [0.2, 0.25) is 5.82 Å². The molecule has 4 rings (SSSR count). The molecular weight excluding hydrogens is 480 g/mol. The summed E-state index contributed by atoms with van der Waals surface area (Å²) in [4.78, 5) is 17.4. The quantitative estimate of drug-likeness (QED) is 0.355. The van der Waals surface area contributed by atoms with E-state index in [-0.39, 0.29) is 5.82 Å². The number of carbonyl (C=O) groups excluding carboxylic acids is 1. The zero-order valence-corrected chi connectivity index (χ0v) is 18.9. The Morgan fingerprint density at radius 1 is 1.03 bits per heavy atom. The van der Waals surface area contributed by atoms with Gasteiger partial charge in [0, 0.05) is 20.7 Å². The Kier molecular flexibility index (Phi) is 6.34. The van der Waals surface area contributed by atoms with Crippen molar-refractivity contribution < 1.29 is 9.53 Å². The molecular formula is C23H18BrClN4O2. The van der Waals surface area contributed by atoms with E-state index in [4.69, 9.17) is 16.3 Å². The van der Waals surface area contributed by atoms with E-state index in [1.165, 1.54) is 0 Å². The van der Waals surface area contributed by atoms with E-state index in [0.29, 0.717) is 23.1 Å². The third kappa shape index (κ3) is 4.95. The number of rotatable bonds is 6. The monoisotopic (exact) mass is 496 g/mol. The summed E-state index contributed by atoms with van der Waals surface area (Å²) in [6.07, 6.45) is 0. The maximum atomic E-state index is 12.9. The van der Waals surface area contributed by atoms with Gasteiger partial charge in [-0.05, 0) is 79.7 Å². The van der Waals surface area contributed by atoms with Gasteiger partial charge < -0.3 is 10.1 Å². The third-order valence-corrected chi connectivity index (χ3v) is 5.19. The predicted octanol–water partition coefficient (Wildman–Crippen LogP) is 6.00. The number of hydrogen-bond donors (Lipinski definition) is 1. The lowest BCUT2D eigenvalue weighted by molar-refractivity contribution is 0.101. The molecule has 6 nitrogen and oxygen atoms in total. The minimum absolute atomic E-state index is 0.0572. The van der Waals surface area contributed by atoms with Gasteiger partial charge in [0.15, 0.2) is 5.82 Å². The molecule has 0 unspecified atom stereocenters. The lowest BCUT2D eigenvalue weighted by Crippen LogP contribution is -2.14. The van der Waals surface area contributed by atoms with Crippen molar-refractivity contribution in [2.45, 2.75) is 6.92 Å². The lowest BCUT2D eigenvalue weighted by atomic mass is 10.2. The molecule has 3 aromatic carbocycles. The van der Waals surface area contributed by atoms with Crippen LogP contribution in [-0.2, 0) is 0 Å². The second-order valence-corrected chi connectivity index (χ2v) is 7.92. The summed E-state index contributed by atoms with van der Waals surface area (Å²) < 4.78 is 8.01. The van der Waals surface area contributed by atoms with Crippen LogP contribution in [0, 0.1) is 0 Å². The summed E-state index contributed by atoms with van der Waals surface area (Å²) in [5, 5.41) is 7.92. The minimum atomic E-state index is -0.407. The van der Waals surface area contributed by atoms with Crippen molar-refractivity contribution in [2.24, 2.45) is 0 Å². The Morgan fingerprint density at radius 2 is 1.71 bits per heavy atom. The Balaban J connectivity index is 1.67. The highest BCUT2D eigenvalue weighted by Gasteiger charge is 2.19. The molecule has 156 valence electrons. The minimum Gasteiger partial charge on any atom is -0.494 e. The first-order valence-electron chi connectivity index (χ1n) is 9.56. The second kappa shape index (κ2) is 9.32. The van der Waals surface area contributed by atoms with Crippen LogP contribution < -0.4 is 10.1 Å². The van der Waals surface area contributed by atoms with Crippen LogP contribution in [0.3, 0.4) is 0 Å². The fraction of sp³-hybridized carbons (Fsp3) is 0.0870. The number of halogens is 2.